The summed E-state index contributed by atoms with van der Waals surface area (Å²) in [7, 11) is 1.30. The minimum atomic E-state index is -1.30. The van der Waals surface area contributed by atoms with E-state index in [0.717, 1.165) is 11.8 Å². The standard InChI is InChI=1S/C14H13N3O5S/c1-22-13(21)9-4-2-8(3-5-9)7-15-17-14-16-12(20)10(23-14)6-11(18)19/h2-5,7,10H,6H2,1H3,(H,18,19)(H,16,17,20)/p-1/b15-7-/t10-/m1/s1. The lowest BCUT2D eigenvalue weighted by atomic mass is 10.1. The Morgan fingerprint density at radius 1 is 1.39 bits per heavy atom. The molecule has 1 aromatic carbocycles. The van der Waals surface area contributed by atoms with Gasteiger partial charge in [0.15, 0.2) is 5.17 Å². The molecule has 120 valence electrons. The summed E-state index contributed by atoms with van der Waals surface area (Å²) in [6.07, 6.45) is 1.06. The Bertz CT molecular complexity index is 684. The van der Waals surface area contributed by atoms with Crippen molar-refractivity contribution in [2.75, 3.05) is 7.11 Å². The van der Waals surface area contributed by atoms with Crippen LogP contribution in [0.25, 0.3) is 0 Å². The molecule has 0 radical (unpaired) electrons. The van der Waals surface area contributed by atoms with E-state index >= 15 is 0 Å². The van der Waals surface area contributed by atoms with E-state index in [1.54, 1.807) is 24.3 Å². The van der Waals surface area contributed by atoms with Crippen LogP contribution in [0, 0.1) is 0 Å². The van der Waals surface area contributed by atoms with E-state index < -0.39 is 23.1 Å². The third kappa shape index (κ3) is 4.65. The number of rotatable bonds is 5. The average Bonchev–Trinajstić information content (AvgIpc) is 2.86. The maximum Gasteiger partial charge on any atom is 0.337 e. The van der Waals surface area contributed by atoms with Crippen LogP contribution in [-0.4, -0.2) is 41.6 Å². The van der Waals surface area contributed by atoms with Crippen molar-refractivity contribution in [3.8, 4) is 0 Å². The Hall–Kier alpha value is -2.68. The highest BCUT2D eigenvalue weighted by molar-refractivity contribution is 8.15. The molecule has 8 nitrogen and oxygen atoms in total. The Morgan fingerprint density at radius 3 is 2.70 bits per heavy atom. The first-order chi connectivity index (χ1) is 11.0. The molecule has 1 heterocycles. The molecule has 23 heavy (non-hydrogen) atoms. The highest BCUT2D eigenvalue weighted by Crippen LogP contribution is 2.21. The van der Waals surface area contributed by atoms with Crippen molar-refractivity contribution >= 4 is 41.0 Å². The van der Waals surface area contributed by atoms with E-state index in [0.29, 0.717) is 11.1 Å². The van der Waals surface area contributed by atoms with Crippen LogP contribution in [0.4, 0.5) is 0 Å². The molecule has 1 amide bonds. The molecule has 0 aromatic heterocycles. The fourth-order valence-corrected chi connectivity index (χ4v) is 2.62. The Kier molecular flexibility index (Phi) is 5.47. The van der Waals surface area contributed by atoms with Gasteiger partial charge in [-0.05, 0) is 17.7 Å². The first-order valence-corrected chi connectivity index (χ1v) is 7.34. The summed E-state index contributed by atoms with van der Waals surface area (Å²) in [5.74, 6) is -2.17. The van der Waals surface area contributed by atoms with E-state index in [-0.39, 0.29) is 11.6 Å². The van der Waals surface area contributed by atoms with Crippen molar-refractivity contribution in [2.24, 2.45) is 10.2 Å². The number of carbonyl (C=O) groups is 3. The van der Waals surface area contributed by atoms with Crippen molar-refractivity contribution in [3.63, 3.8) is 0 Å². The Labute approximate surface area is 135 Å². The summed E-state index contributed by atoms with van der Waals surface area (Å²) < 4.78 is 4.59. The maximum atomic E-state index is 11.5. The van der Waals surface area contributed by atoms with Crippen LogP contribution in [0.2, 0.25) is 0 Å². The van der Waals surface area contributed by atoms with Crippen LogP contribution in [0.15, 0.2) is 34.5 Å². The minimum Gasteiger partial charge on any atom is -0.550 e. The van der Waals surface area contributed by atoms with Crippen molar-refractivity contribution in [1.29, 1.82) is 0 Å². The van der Waals surface area contributed by atoms with Crippen molar-refractivity contribution in [1.82, 2.24) is 5.32 Å². The van der Waals surface area contributed by atoms with E-state index in [1.165, 1.54) is 13.3 Å². The zero-order valence-electron chi connectivity index (χ0n) is 12.0. The normalized spacial score (nSPS) is 19.1. The summed E-state index contributed by atoms with van der Waals surface area (Å²) in [4.78, 5) is 33.3. The SMILES string of the molecule is COC(=O)c1ccc(/C=N\N=C2\NC(=O)[C@@H](CC(=O)[O-])S2)cc1. The fourth-order valence-electron chi connectivity index (χ4n) is 1.71. The van der Waals surface area contributed by atoms with Crippen LogP contribution in [0.5, 0.6) is 0 Å². The number of carboxylic acids is 1. The molecule has 0 unspecified atom stereocenters. The van der Waals surface area contributed by atoms with Crippen molar-refractivity contribution < 1.29 is 24.2 Å². The summed E-state index contributed by atoms with van der Waals surface area (Å²) in [5.41, 5.74) is 1.11. The summed E-state index contributed by atoms with van der Waals surface area (Å²) in [6.45, 7) is 0. The third-order valence-corrected chi connectivity index (χ3v) is 3.89. The Morgan fingerprint density at radius 2 is 2.09 bits per heavy atom. The molecule has 0 spiro atoms. The lowest BCUT2D eigenvalue weighted by Gasteiger charge is -2.04. The minimum absolute atomic E-state index is 0.226. The number of aliphatic carboxylic acids is 1. The zero-order chi connectivity index (χ0) is 16.8. The van der Waals surface area contributed by atoms with Gasteiger partial charge in [0.2, 0.25) is 5.91 Å². The number of thioether (sulfide) groups is 1. The number of ether oxygens (including phenoxy) is 1. The number of esters is 1. The van der Waals surface area contributed by atoms with E-state index in [2.05, 4.69) is 20.3 Å². The number of amides is 1. The number of amidine groups is 1. The molecule has 9 heteroatoms. The topological polar surface area (TPSA) is 120 Å². The van der Waals surface area contributed by atoms with Gasteiger partial charge in [0.25, 0.3) is 0 Å². The fraction of sp³-hybridized carbons (Fsp3) is 0.214. The van der Waals surface area contributed by atoms with Crippen LogP contribution in [0.3, 0.4) is 0 Å². The van der Waals surface area contributed by atoms with Gasteiger partial charge in [-0.1, -0.05) is 23.9 Å². The van der Waals surface area contributed by atoms with E-state index in [1.807, 2.05) is 0 Å². The lowest BCUT2D eigenvalue weighted by Crippen LogP contribution is -2.31. The smallest absolute Gasteiger partial charge is 0.337 e. The first-order valence-electron chi connectivity index (χ1n) is 6.46. The molecular formula is C14H12N3O5S-. The van der Waals surface area contributed by atoms with Gasteiger partial charge < -0.3 is 20.0 Å². The monoisotopic (exact) mass is 334 g/mol. The van der Waals surface area contributed by atoms with Crippen molar-refractivity contribution in [2.45, 2.75) is 11.7 Å². The predicted molar refractivity (Wildman–Crippen MR) is 82.0 cm³/mol. The second kappa shape index (κ2) is 7.54. The molecule has 1 aromatic rings. The average molecular weight is 334 g/mol. The molecule has 1 atom stereocenters. The lowest BCUT2D eigenvalue weighted by molar-refractivity contribution is -0.305. The van der Waals surface area contributed by atoms with Gasteiger partial charge in [0, 0.05) is 12.4 Å². The quantitative estimate of drug-likeness (QED) is 0.442. The molecule has 1 fully saturated rings. The van der Waals surface area contributed by atoms with Crippen molar-refractivity contribution in [3.05, 3.63) is 35.4 Å². The number of nitrogens with zero attached hydrogens (tertiary/aromatic N) is 2. The number of methoxy groups -OCH3 is 1. The van der Waals surface area contributed by atoms with E-state index in [4.69, 9.17) is 0 Å². The number of hydrogen-bond acceptors (Lipinski definition) is 8. The number of carbonyl (C=O) groups excluding carboxylic acids is 3. The van der Waals surface area contributed by atoms with Gasteiger partial charge in [-0.2, -0.15) is 5.10 Å². The highest BCUT2D eigenvalue weighted by Gasteiger charge is 2.30. The van der Waals surface area contributed by atoms with Crippen LogP contribution in [0.1, 0.15) is 22.3 Å². The van der Waals surface area contributed by atoms with Gasteiger partial charge in [0.05, 0.1) is 24.1 Å². The predicted octanol–water partition coefficient (Wildman–Crippen LogP) is -0.465. The molecule has 1 N–H and O–H groups in total. The van der Waals surface area contributed by atoms with Crippen LogP contribution in [-0.2, 0) is 14.3 Å². The molecular weight excluding hydrogens is 322 g/mol. The first kappa shape index (κ1) is 16.7. The summed E-state index contributed by atoms with van der Waals surface area (Å²) >= 11 is 0.985. The van der Waals surface area contributed by atoms with E-state index in [9.17, 15) is 19.5 Å². The second-order valence-electron chi connectivity index (χ2n) is 4.44. The Balaban J connectivity index is 1.97. The molecule has 0 bridgehead atoms. The summed E-state index contributed by atoms with van der Waals surface area (Å²) in [6, 6.07) is 6.50. The molecule has 1 aliphatic rings. The molecule has 1 saturated heterocycles. The molecule has 0 aliphatic carbocycles. The molecule has 1 aliphatic heterocycles. The van der Waals surface area contributed by atoms with Gasteiger partial charge >= 0.3 is 5.97 Å². The maximum absolute atomic E-state index is 11.5. The van der Waals surface area contributed by atoms with Crippen LogP contribution < -0.4 is 10.4 Å². The number of carboxylic acid groups (broad SMARTS) is 1. The number of benzene rings is 1. The zero-order valence-corrected chi connectivity index (χ0v) is 12.8. The summed E-state index contributed by atoms with van der Waals surface area (Å²) in [5, 5.41) is 20.0. The van der Waals surface area contributed by atoms with Gasteiger partial charge in [-0.15, -0.1) is 5.10 Å². The second-order valence-corrected chi connectivity index (χ2v) is 5.63. The number of hydrogen-bond donors (Lipinski definition) is 1. The number of nitrogens with one attached hydrogen (secondary N) is 1. The van der Waals surface area contributed by atoms with Gasteiger partial charge in [0.1, 0.15) is 0 Å². The molecule has 2 rings (SSSR count). The van der Waals surface area contributed by atoms with Gasteiger partial charge in [-0.3, -0.25) is 4.79 Å². The third-order valence-electron chi connectivity index (χ3n) is 2.82. The van der Waals surface area contributed by atoms with Gasteiger partial charge in [-0.25, -0.2) is 4.79 Å². The largest absolute Gasteiger partial charge is 0.550 e. The van der Waals surface area contributed by atoms with Crippen LogP contribution >= 0.6 is 11.8 Å². The highest BCUT2D eigenvalue weighted by atomic mass is 32.2. The molecule has 0 saturated carbocycles.